The Bertz CT molecular complexity index is 1000. The summed E-state index contributed by atoms with van der Waals surface area (Å²) in [4.78, 5) is 12.3. The Hall–Kier alpha value is -1.99. The molecule has 2 fully saturated rings. The molecular formula is C22H26B2Cl2N4O4. The summed E-state index contributed by atoms with van der Waals surface area (Å²) in [5, 5.41) is 20.0. The number of halogens is 2. The Balaban J connectivity index is 1.40. The Morgan fingerprint density at radius 1 is 0.882 bits per heavy atom. The van der Waals surface area contributed by atoms with Gasteiger partial charge in [-0.2, -0.15) is 0 Å². The fraction of sp³-hybridized carbons (Fsp3) is 0.455. The van der Waals surface area contributed by atoms with Crippen molar-refractivity contribution in [3.8, 4) is 23.3 Å². The van der Waals surface area contributed by atoms with E-state index in [1.807, 2.05) is 9.62 Å². The summed E-state index contributed by atoms with van der Waals surface area (Å²) in [6.45, 7) is 6.12. The maximum absolute atomic E-state index is 9.74. The summed E-state index contributed by atoms with van der Waals surface area (Å²) in [5.41, 5.74) is 1.01. The molecule has 0 saturated carbocycles. The van der Waals surface area contributed by atoms with E-state index in [4.69, 9.17) is 32.7 Å². The Morgan fingerprint density at radius 2 is 1.29 bits per heavy atom. The van der Waals surface area contributed by atoms with Crippen molar-refractivity contribution in [3.63, 3.8) is 0 Å². The minimum atomic E-state index is -0.490. The lowest BCUT2D eigenvalue weighted by atomic mass is 9.78. The minimum absolute atomic E-state index is 0.172. The summed E-state index contributed by atoms with van der Waals surface area (Å²) in [6, 6.07) is 3.81. The molecule has 0 bridgehead atoms. The van der Waals surface area contributed by atoms with Crippen molar-refractivity contribution < 1.29 is 19.5 Å². The summed E-state index contributed by atoms with van der Waals surface area (Å²) in [7, 11) is -0.979. The number of rotatable bonds is 8. The lowest BCUT2D eigenvalue weighted by Gasteiger charge is -2.41. The second kappa shape index (κ2) is 11.2. The van der Waals surface area contributed by atoms with E-state index in [-0.39, 0.29) is 22.4 Å². The van der Waals surface area contributed by atoms with E-state index >= 15 is 0 Å². The van der Waals surface area contributed by atoms with E-state index in [0.29, 0.717) is 35.8 Å². The van der Waals surface area contributed by atoms with E-state index in [2.05, 4.69) is 21.8 Å². The van der Waals surface area contributed by atoms with Crippen molar-refractivity contribution >= 4 is 37.3 Å². The van der Waals surface area contributed by atoms with Gasteiger partial charge in [0.05, 0.1) is 23.5 Å². The van der Waals surface area contributed by atoms with Gasteiger partial charge in [-0.3, -0.25) is 0 Å². The second-order valence-electron chi connectivity index (χ2n) is 8.52. The first-order valence-corrected chi connectivity index (χ1v) is 12.0. The van der Waals surface area contributed by atoms with Gasteiger partial charge in [0.15, 0.2) is 0 Å². The molecule has 34 heavy (non-hydrogen) atoms. The predicted octanol–water partition coefficient (Wildman–Crippen LogP) is 2.31. The molecule has 2 aliphatic heterocycles. The van der Waals surface area contributed by atoms with Crippen LogP contribution in [0.25, 0.3) is 0 Å². The number of pyridine rings is 2. The zero-order valence-corrected chi connectivity index (χ0v) is 20.6. The fourth-order valence-electron chi connectivity index (χ4n) is 3.97. The van der Waals surface area contributed by atoms with Crippen molar-refractivity contribution in [1.29, 1.82) is 0 Å². The van der Waals surface area contributed by atoms with E-state index in [0.717, 1.165) is 25.9 Å². The zero-order valence-electron chi connectivity index (χ0n) is 19.1. The zero-order chi connectivity index (χ0) is 24.2. The summed E-state index contributed by atoms with van der Waals surface area (Å²) >= 11 is 12.5. The average Bonchev–Trinajstić information content (AvgIpc) is 2.73. The molecule has 0 spiro atoms. The molecule has 2 aromatic rings. The molecule has 2 saturated heterocycles. The lowest BCUT2D eigenvalue weighted by molar-refractivity contribution is 0.110. The highest BCUT2D eigenvalue weighted by Gasteiger charge is 2.34. The minimum Gasteiger partial charge on any atom is -0.490 e. The van der Waals surface area contributed by atoms with Crippen molar-refractivity contribution in [2.75, 3.05) is 26.3 Å². The van der Waals surface area contributed by atoms with Gasteiger partial charge in [0, 0.05) is 24.2 Å². The molecule has 8 nitrogen and oxygen atoms in total. The molecule has 2 atom stereocenters. The first-order valence-electron chi connectivity index (χ1n) is 11.3. The molecule has 0 aliphatic carbocycles. The smallest absolute Gasteiger partial charge is 0.376 e. The molecule has 12 heteroatoms. The van der Waals surface area contributed by atoms with Crippen molar-refractivity contribution in [2.24, 2.45) is 0 Å². The van der Waals surface area contributed by atoms with Gasteiger partial charge < -0.3 is 29.1 Å². The van der Waals surface area contributed by atoms with Gasteiger partial charge in [-0.25, -0.2) is 9.97 Å². The molecule has 2 N–H and O–H groups in total. The predicted molar refractivity (Wildman–Crippen MR) is 133 cm³/mol. The standard InChI is InChI=1S/C22H26B2Cl2N4O4/c1-23(31)29-7-5-17(29)13-33-19-9-15(21(25)27-11-19)3-4-16-10-20(12-28-22(16)26)34-14-18-6-8-30(18)24(2)32/h9-12,17-18,31-32H,5-8,13-14H2,1-2H3/t17-,18-/m0/s1. The fourth-order valence-corrected chi connectivity index (χ4v) is 4.28. The highest BCUT2D eigenvalue weighted by molar-refractivity contribution is 6.46. The average molecular weight is 503 g/mol. The normalized spacial score (nSPS) is 19.9. The van der Waals surface area contributed by atoms with Crippen LogP contribution in [0.1, 0.15) is 24.0 Å². The van der Waals surface area contributed by atoms with E-state index in [1.165, 1.54) is 0 Å². The molecular weight excluding hydrogens is 477 g/mol. The van der Waals surface area contributed by atoms with Gasteiger partial charge in [-0.05, 0) is 39.6 Å². The Morgan fingerprint density at radius 3 is 1.62 bits per heavy atom. The Kier molecular flexibility index (Phi) is 8.25. The molecule has 4 rings (SSSR count). The number of aromatic nitrogens is 2. The summed E-state index contributed by atoms with van der Waals surface area (Å²) in [5.74, 6) is 7.09. The number of ether oxygens (including phenoxy) is 2. The second-order valence-corrected chi connectivity index (χ2v) is 9.23. The van der Waals surface area contributed by atoms with Crippen LogP contribution in [-0.4, -0.2) is 82.1 Å². The maximum atomic E-state index is 9.74. The third kappa shape index (κ3) is 5.98. The van der Waals surface area contributed by atoms with Crippen LogP contribution < -0.4 is 9.47 Å². The first kappa shape index (κ1) is 25.1. The SMILES string of the molecule is CB(O)N1CC[C@H]1COc1cnc(Cl)c(C#Cc2cc(OC[C@@H]3CCN3B(C)O)cnc2Cl)c1. The van der Waals surface area contributed by atoms with Crippen LogP contribution in [0.2, 0.25) is 24.0 Å². The quantitative estimate of drug-likeness (QED) is 0.323. The Labute approximate surface area is 210 Å². The van der Waals surface area contributed by atoms with Crippen molar-refractivity contribution in [1.82, 2.24) is 19.6 Å². The van der Waals surface area contributed by atoms with Crippen LogP contribution in [0.15, 0.2) is 24.5 Å². The molecule has 4 heterocycles. The highest BCUT2D eigenvalue weighted by Crippen LogP contribution is 2.24. The molecule has 0 radical (unpaired) electrons. The third-order valence-electron chi connectivity index (χ3n) is 6.18. The van der Waals surface area contributed by atoms with Crippen molar-refractivity contribution in [3.05, 3.63) is 46.0 Å². The van der Waals surface area contributed by atoms with Gasteiger partial charge in [0.2, 0.25) is 0 Å². The third-order valence-corrected chi connectivity index (χ3v) is 6.79. The number of nitrogens with zero attached hydrogens (tertiary/aromatic N) is 4. The van der Waals surface area contributed by atoms with Crippen LogP contribution >= 0.6 is 23.2 Å². The molecule has 0 amide bonds. The van der Waals surface area contributed by atoms with E-state index in [9.17, 15) is 10.0 Å². The topological polar surface area (TPSA) is 91.2 Å². The highest BCUT2D eigenvalue weighted by atomic mass is 35.5. The largest absolute Gasteiger partial charge is 0.490 e. The number of hydrogen-bond donors (Lipinski definition) is 2. The lowest BCUT2D eigenvalue weighted by Crippen LogP contribution is -2.57. The van der Waals surface area contributed by atoms with Gasteiger partial charge in [0.25, 0.3) is 0 Å². The van der Waals surface area contributed by atoms with Gasteiger partial charge in [0.1, 0.15) is 35.0 Å². The molecule has 0 aromatic carbocycles. The monoisotopic (exact) mass is 502 g/mol. The van der Waals surface area contributed by atoms with Gasteiger partial charge in [-0.15, -0.1) is 0 Å². The summed E-state index contributed by atoms with van der Waals surface area (Å²) < 4.78 is 11.7. The number of hydrogen-bond acceptors (Lipinski definition) is 8. The molecule has 0 unspecified atom stereocenters. The van der Waals surface area contributed by atoms with Crippen LogP contribution in [0.3, 0.4) is 0 Å². The van der Waals surface area contributed by atoms with E-state index in [1.54, 1.807) is 38.2 Å². The molecule has 2 aromatic heterocycles. The van der Waals surface area contributed by atoms with Gasteiger partial charge in [-0.1, -0.05) is 35.0 Å². The van der Waals surface area contributed by atoms with Crippen LogP contribution in [-0.2, 0) is 0 Å². The molecule has 178 valence electrons. The van der Waals surface area contributed by atoms with Gasteiger partial charge >= 0.3 is 14.1 Å². The van der Waals surface area contributed by atoms with Crippen LogP contribution in [0.4, 0.5) is 0 Å². The maximum Gasteiger partial charge on any atom is 0.376 e. The van der Waals surface area contributed by atoms with Crippen LogP contribution in [0.5, 0.6) is 11.5 Å². The van der Waals surface area contributed by atoms with Crippen LogP contribution in [0, 0.1) is 11.8 Å². The first-order chi connectivity index (χ1) is 16.3. The summed E-state index contributed by atoms with van der Waals surface area (Å²) in [6.07, 6.45) is 5.05. The van der Waals surface area contributed by atoms with E-state index < -0.39 is 14.1 Å². The van der Waals surface area contributed by atoms with Crippen molar-refractivity contribution in [2.45, 2.75) is 38.6 Å². The molecule has 2 aliphatic rings.